The molecule has 1 aromatic heterocycles. The average molecular weight is 409 g/mol. The molecule has 0 aliphatic heterocycles. The summed E-state index contributed by atoms with van der Waals surface area (Å²) in [6.07, 6.45) is -4.33. The molecule has 1 aromatic carbocycles. The lowest BCUT2D eigenvalue weighted by Gasteiger charge is -2.12. The topological polar surface area (TPSA) is 55.2 Å². The highest BCUT2D eigenvalue weighted by atomic mass is 79.9. The molecule has 0 amide bonds. The maximum atomic E-state index is 12.5. The Morgan fingerprint density at radius 2 is 2.09 bits per heavy atom. The number of hydrogen-bond donors (Lipinski definition) is 1. The lowest BCUT2D eigenvalue weighted by molar-refractivity contribution is -0.141. The van der Waals surface area contributed by atoms with Crippen molar-refractivity contribution in [3.63, 3.8) is 0 Å². The van der Waals surface area contributed by atoms with Gasteiger partial charge in [-0.05, 0) is 24.3 Å². The van der Waals surface area contributed by atoms with E-state index in [1.165, 1.54) is 0 Å². The highest BCUT2D eigenvalue weighted by Crippen LogP contribution is 2.28. The Kier molecular flexibility index (Phi) is 6.25. The molecule has 0 aliphatic rings. The van der Waals surface area contributed by atoms with Crippen LogP contribution in [0.5, 0.6) is 5.75 Å². The van der Waals surface area contributed by atoms with Gasteiger partial charge in [-0.25, -0.2) is 9.97 Å². The van der Waals surface area contributed by atoms with Crippen molar-refractivity contribution in [2.75, 3.05) is 12.4 Å². The summed E-state index contributed by atoms with van der Waals surface area (Å²) in [5.41, 5.74) is -1.00. The van der Waals surface area contributed by atoms with Crippen LogP contribution in [0.15, 0.2) is 46.2 Å². The molecule has 0 bridgehead atoms. The molecule has 1 N–H and O–H groups in total. The van der Waals surface area contributed by atoms with Gasteiger partial charge in [0.05, 0.1) is 6.10 Å². The van der Waals surface area contributed by atoms with E-state index in [0.717, 1.165) is 28.5 Å². The number of alkyl halides is 3. The summed E-state index contributed by atoms with van der Waals surface area (Å²) in [4.78, 5) is 7.16. The number of halogens is 4. The van der Waals surface area contributed by atoms with Gasteiger partial charge in [-0.1, -0.05) is 33.8 Å². The zero-order chi connectivity index (χ0) is 16.9. The van der Waals surface area contributed by atoms with Crippen LogP contribution in [0.4, 0.5) is 13.2 Å². The van der Waals surface area contributed by atoms with Gasteiger partial charge in [0.25, 0.3) is 0 Å². The van der Waals surface area contributed by atoms with Crippen molar-refractivity contribution < 1.29 is 23.0 Å². The highest BCUT2D eigenvalue weighted by Gasteiger charge is 2.32. The lowest BCUT2D eigenvalue weighted by Crippen LogP contribution is -2.20. The van der Waals surface area contributed by atoms with Gasteiger partial charge in [-0.2, -0.15) is 13.2 Å². The lowest BCUT2D eigenvalue weighted by atomic mass is 10.3. The van der Waals surface area contributed by atoms with Gasteiger partial charge in [0.15, 0.2) is 5.16 Å². The standard InChI is InChI=1S/C14H12BrF3N2O2S/c15-9-2-1-3-11(6-9)22-7-10(21)8-23-13-19-5-4-12(20-13)14(16,17)18/h1-6,10,21H,7-8H2. The van der Waals surface area contributed by atoms with Gasteiger partial charge >= 0.3 is 6.18 Å². The van der Waals surface area contributed by atoms with Gasteiger partial charge in [-0.15, -0.1) is 0 Å². The third-order valence-electron chi connectivity index (χ3n) is 2.57. The van der Waals surface area contributed by atoms with E-state index in [1.54, 1.807) is 18.2 Å². The second-order valence-corrected chi connectivity index (χ2v) is 6.36. The van der Waals surface area contributed by atoms with Crippen molar-refractivity contribution in [1.82, 2.24) is 9.97 Å². The maximum Gasteiger partial charge on any atom is 0.433 e. The SMILES string of the molecule is OC(COc1cccc(Br)c1)CSc1nccc(C(F)(F)F)n1. The van der Waals surface area contributed by atoms with Crippen LogP contribution in [0, 0.1) is 0 Å². The first-order valence-electron chi connectivity index (χ1n) is 6.44. The first-order chi connectivity index (χ1) is 10.8. The van der Waals surface area contributed by atoms with Gasteiger partial charge < -0.3 is 9.84 Å². The van der Waals surface area contributed by atoms with E-state index in [9.17, 15) is 18.3 Å². The van der Waals surface area contributed by atoms with Gasteiger partial charge in [0.1, 0.15) is 18.1 Å². The summed E-state index contributed by atoms with van der Waals surface area (Å²) in [6, 6.07) is 7.91. The fourth-order valence-electron chi connectivity index (χ4n) is 1.54. The average Bonchev–Trinajstić information content (AvgIpc) is 2.50. The molecule has 2 aromatic rings. The second-order valence-electron chi connectivity index (χ2n) is 4.46. The predicted octanol–water partition coefficient (Wildman–Crippen LogP) is 3.79. The van der Waals surface area contributed by atoms with Crippen LogP contribution in [0.2, 0.25) is 0 Å². The number of rotatable bonds is 6. The third kappa shape index (κ3) is 6.00. The van der Waals surface area contributed by atoms with Crippen LogP contribution in [0.1, 0.15) is 5.69 Å². The molecule has 1 atom stereocenters. The number of ether oxygens (including phenoxy) is 1. The Morgan fingerprint density at radius 3 is 2.78 bits per heavy atom. The number of aliphatic hydroxyl groups excluding tert-OH is 1. The van der Waals surface area contributed by atoms with E-state index >= 15 is 0 Å². The zero-order valence-electron chi connectivity index (χ0n) is 11.6. The smallest absolute Gasteiger partial charge is 0.433 e. The largest absolute Gasteiger partial charge is 0.491 e. The number of aromatic nitrogens is 2. The van der Waals surface area contributed by atoms with Crippen molar-refractivity contribution in [1.29, 1.82) is 0 Å². The van der Waals surface area contributed by atoms with Crippen molar-refractivity contribution in [3.05, 3.63) is 46.7 Å². The fraction of sp³-hybridized carbons (Fsp3) is 0.286. The molecular formula is C14H12BrF3N2O2S. The molecule has 23 heavy (non-hydrogen) atoms. The van der Waals surface area contributed by atoms with Crippen LogP contribution in [-0.4, -0.2) is 33.5 Å². The summed E-state index contributed by atoms with van der Waals surface area (Å²) in [5.74, 6) is 0.703. The minimum atomic E-state index is -4.51. The van der Waals surface area contributed by atoms with E-state index in [-0.39, 0.29) is 17.5 Å². The molecule has 4 nitrogen and oxygen atoms in total. The van der Waals surface area contributed by atoms with Crippen molar-refractivity contribution in [3.8, 4) is 5.75 Å². The summed E-state index contributed by atoms with van der Waals surface area (Å²) < 4.78 is 43.8. The summed E-state index contributed by atoms with van der Waals surface area (Å²) >= 11 is 4.23. The molecule has 9 heteroatoms. The van der Waals surface area contributed by atoms with Crippen molar-refractivity contribution in [2.24, 2.45) is 0 Å². The van der Waals surface area contributed by atoms with Crippen molar-refractivity contribution >= 4 is 27.7 Å². The Morgan fingerprint density at radius 1 is 1.30 bits per heavy atom. The summed E-state index contributed by atoms with van der Waals surface area (Å²) in [6.45, 7) is 0.0163. The van der Waals surface area contributed by atoms with Crippen LogP contribution < -0.4 is 4.74 Å². The Hall–Kier alpha value is -1.32. The Balaban J connectivity index is 1.83. The summed E-state index contributed by atoms with van der Waals surface area (Å²) in [7, 11) is 0. The number of nitrogens with zero attached hydrogens (tertiary/aromatic N) is 2. The van der Waals surface area contributed by atoms with Gasteiger partial charge in [0.2, 0.25) is 0 Å². The van der Waals surface area contributed by atoms with Gasteiger partial charge in [-0.3, -0.25) is 0 Å². The Bertz CT molecular complexity index is 658. The van der Waals surface area contributed by atoms with E-state index in [4.69, 9.17) is 4.74 Å². The molecule has 0 aliphatic carbocycles. The first kappa shape index (κ1) is 18.0. The van der Waals surface area contributed by atoms with Crippen LogP contribution in [-0.2, 0) is 6.18 Å². The van der Waals surface area contributed by atoms with E-state index in [1.807, 2.05) is 6.07 Å². The number of thioether (sulfide) groups is 1. The third-order valence-corrected chi connectivity index (χ3v) is 4.07. The highest BCUT2D eigenvalue weighted by molar-refractivity contribution is 9.10. The maximum absolute atomic E-state index is 12.5. The zero-order valence-corrected chi connectivity index (χ0v) is 14.0. The molecule has 1 heterocycles. The van der Waals surface area contributed by atoms with E-state index < -0.39 is 18.0 Å². The minimum Gasteiger partial charge on any atom is -0.491 e. The molecule has 2 rings (SSSR count). The number of aliphatic hydroxyl groups is 1. The molecule has 0 spiro atoms. The Labute approximate surface area is 143 Å². The molecule has 0 saturated heterocycles. The molecule has 124 valence electrons. The normalized spacial score (nSPS) is 12.9. The van der Waals surface area contributed by atoms with E-state index in [0.29, 0.717) is 5.75 Å². The summed E-state index contributed by atoms with van der Waals surface area (Å²) in [5, 5.41) is 9.79. The van der Waals surface area contributed by atoms with Crippen LogP contribution in [0.25, 0.3) is 0 Å². The predicted molar refractivity (Wildman–Crippen MR) is 83.4 cm³/mol. The molecule has 0 saturated carbocycles. The van der Waals surface area contributed by atoms with E-state index in [2.05, 4.69) is 25.9 Å². The molecule has 0 radical (unpaired) electrons. The molecular weight excluding hydrogens is 397 g/mol. The van der Waals surface area contributed by atoms with Gasteiger partial charge in [0, 0.05) is 16.4 Å². The monoisotopic (exact) mass is 408 g/mol. The van der Waals surface area contributed by atoms with Crippen LogP contribution in [0.3, 0.4) is 0 Å². The van der Waals surface area contributed by atoms with Crippen LogP contribution >= 0.6 is 27.7 Å². The quantitative estimate of drug-likeness (QED) is 0.581. The van der Waals surface area contributed by atoms with Crippen molar-refractivity contribution in [2.45, 2.75) is 17.4 Å². The number of benzene rings is 1. The minimum absolute atomic E-state index is 0.0163. The number of hydrogen-bond acceptors (Lipinski definition) is 5. The first-order valence-corrected chi connectivity index (χ1v) is 8.22. The molecule has 1 unspecified atom stereocenters. The fourth-order valence-corrected chi connectivity index (χ4v) is 2.65. The second kappa shape index (κ2) is 7.98. The molecule has 0 fully saturated rings.